The van der Waals surface area contributed by atoms with E-state index in [0.29, 0.717) is 27.7 Å². The van der Waals surface area contributed by atoms with Gasteiger partial charge in [-0.1, -0.05) is 0 Å². The van der Waals surface area contributed by atoms with E-state index in [0.717, 1.165) is 17.7 Å². The molecule has 4 aromatic rings. The van der Waals surface area contributed by atoms with Crippen molar-refractivity contribution >= 4 is 35.4 Å². The van der Waals surface area contributed by atoms with E-state index < -0.39 is 29.3 Å². The molecule has 8 nitrogen and oxygen atoms in total. The molecule has 1 N–H and O–H groups in total. The molecule has 0 atom stereocenters. The minimum atomic E-state index is -4.85. The molecule has 0 saturated heterocycles. The number of nitrogens with one attached hydrogen (secondary N) is 1. The second kappa shape index (κ2) is 13.5. The van der Waals surface area contributed by atoms with Crippen molar-refractivity contribution in [2.45, 2.75) is 17.7 Å². The van der Waals surface area contributed by atoms with Crippen LogP contribution in [0.15, 0.2) is 76.1 Å². The van der Waals surface area contributed by atoms with Crippen molar-refractivity contribution in [2.75, 3.05) is 24.7 Å². The van der Waals surface area contributed by atoms with Crippen LogP contribution in [0.5, 0.6) is 0 Å². The summed E-state index contributed by atoms with van der Waals surface area (Å²) < 4.78 is 58.2. The number of hydrogen-bond donors (Lipinski definition) is 1. The normalized spacial score (nSPS) is 11.5. The van der Waals surface area contributed by atoms with E-state index in [-0.39, 0.29) is 24.4 Å². The molecule has 0 unspecified atom stereocenters. The Morgan fingerprint density at radius 2 is 1.59 bits per heavy atom. The first kappa shape index (κ1) is 28.4. The van der Waals surface area contributed by atoms with E-state index in [1.54, 1.807) is 24.7 Å². The van der Waals surface area contributed by atoms with Crippen molar-refractivity contribution in [1.29, 1.82) is 0 Å². The third-order valence-corrected chi connectivity index (χ3v) is 7.20. The smallest absolute Gasteiger partial charge is 0.434 e. The number of hydrogen-bond acceptors (Lipinski definition) is 8. The Morgan fingerprint density at radius 1 is 0.949 bits per heavy atom. The maximum atomic E-state index is 14.0. The summed E-state index contributed by atoms with van der Waals surface area (Å²) in [7, 11) is 0. The number of carbonyl (C=O) groups is 2. The highest BCUT2D eigenvalue weighted by atomic mass is 32.2. The number of amides is 1. The number of thioether (sulfide) groups is 2. The van der Waals surface area contributed by atoms with E-state index in [2.05, 4.69) is 10.4 Å². The van der Waals surface area contributed by atoms with Crippen LogP contribution < -0.4 is 5.32 Å². The van der Waals surface area contributed by atoms with E-state index in [1.807, 2.05) is 12.1 Å². The molecule has 3 heterocycles. The Bertz CT molecular complexity index is 1340. The number of rotatable bonds is 13. The van der Waals surface area contributed by atoms with Gasteiger partial charge >= 0.3 is 12.1 Å². The topological polar surface area (TPSA) is 99.5 Å². The molecule has 0 fully saturated rings. The predicted octanol–water partition coefficient (Wildman–Crippen LogP) is 5.83. The van der Waals surface area contributed by atoms with Gasteiger partial charge in [-0.2, -0.15) is 41.8 Å². The predicted molar refractivity (Wildman–Crippen MR) is 141 cm³/mol. The molecule has 0 aliphatic carbocycles. The molecular weight excluding hydrogens is 555 g/mol. The number of halogens is 3. The van der Waals surface area contributed by atoms with Crippen molar-refractivity contribution in [1.82, 2.24) is 15.1 Å². The average Bonchev–Trinajstić information content (AvgIpc) is 3.70. The van der Waals surface area contributed by atoms with Gasteiger partial charge in [-0.25, -0.2) is 9.48 Å². The molecule has 39 heavy (non-hydrogen) atoms. The Labute approximate surface area is 230 Å². The third-order valence-electron chi connectivity index (χ3n) is 5.27. The standard InChI is InChI=1S/C26H24F3N3O5S2/c27-26(28,29)23-22(24(33)30-9-13-38-16-20-3-1-10-35-20)15-31-32(23)19-7-5-18(6-8-19)25(34)37-12-14-39-17-21-4-2-11-36-21/h1-8,10-11,15H,9,12-14,16-17H2,(H,30,33). The summed E-state index contributed by atoms with van der Waals surface area (Å²) in [4.78, 5) is 24.9. The maximum Gasteiger partial charge on any atom is 0.434 e. The van der Waals surface area contributed by atoms with Gasteiger partial charge in [-0.15, -0.1) is 0 Å². The molecule has 206 valence electrons. The van der Waals surface area contributed by atoms with Gasteiger partial charge in [0.25, 0.3) is 5.91 Å². The number of ether oxygens (including phenoxy) is 1. The quantitative estimate of drug-likeness (QED) is 0.156. The molecular formula is C26H24F3N3O5S2. The van der Waals surface area contributed by atoms with Crippen molar-refractivity contribution in [3.05, 3.63) is 95.6 Å². The Hall–Kier alpha value is -3.58. The molecule has 13 heteroatoms. The molecule has 4 rings (SSSR count). The molecule has 1 amide bonds. The lowest BCUT2D eigenvalue weighted by molar-refractivity contribution is -0.143. The van der Waals surface area contributed by atoms with Crippen LogP contribution in [0.1, 0.15) is 37.9 Å². The fraction of sp³-hybridized carbons (Fsp3) is 0.269. The minimum absolute atomic E-state index is 0.0425. The summed E-state index contributed by atoms with van der Waals surface area (Å²) in [5.74, 6) is 2.39. The van der Waals surface area contributed by atoms with Gasteiger partial charge in [0.2, 0.25) is 0 Å². The summed E-state index contributed by atoms with van der Waals surface area (Å²) in [6.07, 6.45) is -0.820. The van der Waals surface area contributed by atoms with Crippen LogP contribution in [0.4, 0.5) is 13.2 Å². The number of nitrogens with zero attached hydrogens (tertiary/aromatic N) is 2. The zero-order chi connectivity index (χ0) is 27.7. The van der Waals surface area contributed by atoms with Crippen LogP contribution in [0, 0.1) is 0 Å². The van der Waals surface area contributed by atoms with Crippen LogP contribution >= 0.6 is 23.5 Å². The fourth-order valence-corrected chi connectivity index (χ4v) is 4.93. The molecule has 0 aliphatic rings. The van der Waals surface area contributed by atoms with Gasteiger partial charge in [-0.05, 0) is 48.5 Å². The van der Waals surface area contributed by atoms with Crippen LogP contribution in [0.2, 0.25) is 0 Å². The Kier molecular flexibility index (Phi) is 9.82. The second-order valence-corrected chi connectivity index (χ2v) is 10.2. The monoisotopic (exact) mass is 579 g/mol. The number of furan rings is 2. The summed E-state index contributed by atoms with van der Waals surface area (Å²) in [5, 5.41) is 6.31. The largest absolute Gasteiger partial charge is 0.468 e. The minimum Gasteiger partial charge on any atom is -0.468 e. The highest BCUT2D eigenvalue weighted by Crippen LogP contribution is 2.33. The van der Waals surface area contributed by atoms with Gasteiger partial charge in [0.05, 0.1) is 47.0 Å². The van der Waals surface area contributed by atoms with Crippen molar-refractivity contribution in [3.8, 4) is 5.69 Å². The first-order valence-electron chi connectivity index (χ1n) is 11.7. The Balaban J connectivity index is 1.32. The van der Waals surface area contributed by atoms with Gasteiger partial charge in [0, 0.05) is 18.1 Å². The lowest BCUT2D eigenvalue weighted by atomic mass is 10.2. The number of esters is 1. The molecule has 0 radical (unpaired) electrons. The summed E-state index contributed by atoms with van der Waals surface area (Å²) in [5.41, 5.74) is -1.57. The lowest BCUT2D eigenvalue weighted by Gasteiger charge is -2.13. The summed E-state index contributed by atoms with van der Waals surface area (Å²) in [6, 6.07) is 12.6. The highest BCUT2D eigenvalue weighted by Gasteiger charge is 2.40. The van der Waals surface area contributed by atoms with Crippen molar-refractivity contribution in [3.63, 3.8) is 0 Å². The van der Waals surface area contributed by atoms with Crippen LogP contribution in [-0.4, -0.2) is 46.3 Å². The molecule has 0 aliphatic heterocycles. The van der Waals surface area contributed by atoms with Crippen LogP contribution in [0.25, 0.3) is 5.69 Å². The number of benzene rings is 1. The SMILES string of the molecule is O=C(OCCSCc1ccco1)c1ccc(-n2ncc(C(=O)NCCSCc3ccco3)c2C(F)(F)F)cc1. The van der Waals surface area contributed by atoms with E-state index >= 15 is 0 Å². The first-order chi connectivity index (χ1) is 18.8. The van der Waals surface area contributed by atoms with Crippen molar-refractivity contribution < 1.29 is 36.3 Å². The molecule has 0 bridgehead atoms. The maximum absolute atomic E-state index is 14.0. The fourth-order valence-electron chi connectivity index (χ4n) is 3.47. The van der Waals surface area contributed by atoms with E-state index in [9.17, 15) is 22.8 Å². The highest BCUT2D eigenvalue weighted by molar-refractivity contribution is 7.98. The average molecular weight is 580 g/mol. The van der Waals surface area contributed by atoms with Crippen molar-refractivity contribution in [2.24, 2.45) is 0 Å². The molecule has 3 aromatic heterocycles. The van der Waals surface area contributed by atoms with Gasteiger partial charge in [-0.3, -0.25) is 4.79 Å². The van der Waals surface area contributed by atoms with E-state index in [4.69, 9.17) is 13.6 Å². The summed E-state index contributed by atoms with van der Waals surface area (Å²) in [6.45, 7) is 0.341. The van der Waals surface area contributed by atoms with Crippen LogP contribution in [0.3, 0.4) is 0 Å². The zero-order valence-corrected chi connectivity index (χ0v) is 22.1. The third kappa shape index (κ3) is 7.96. The lowest BCUT2D eigenvalue weighted by Crippen LogP contribution is -2.28. The van der Waals surface area contributed by atoms with Crippen LogP contribution in [-0.2, 0) is 22.4 Å². The number of carbonyl (C=O) groups excluding carboxylic acids is 2. The molecule has 0 saturated carbocycles. The molecule has 0 spiro atoms. The van der Waals surface area contributed by atoms with Gasteiger partial charge in [0.1, 0.15) is 18.1 Å². The first-order valence-corrected chi connectivity index (χ1v) is 14.0. The van der Waals surface area contributed by atoms with E-state index in [1.165, 1.54) is 47.8 Å². The Morgan fingerprint density at radius 3 is 2.18 bits per heavy atom. The number of alkyl halides is 3. The van der Waals surface area contributed by atoms with Gasteiger partial charge in [0.15, 0.2) is 5.69 Å². The van der Waals surface area contributed by atoms with Gasteiger partial charge < -0.3 is 18.9 Å². The summed E-state index contributed by atoms with van der Waals surface area (Å²) >= 11 is 3.01. The number of aromatic nitrogens is 2. The second-order valence-electron chi connectivity index (χ2n) is 8.02. The molecule has 1 aromatic carbocycles. The zero-order valence-electron chi connectivity index (χ0n) is 20.5.